The molecule has 1 aliphatic rings. The number of ether oxygens (including phenoxy) is 1. The minimum Gasteiger partial charge on any atom is -0.497 e. The maximum absolute atomic E-state index is 12.0. The van der Waals surface area contributed by atoms with Gasteiger partial charge in [-0.2, -0.15) is 0 Å². The van der Waals surface area contributed by atoms with Crippen LogP contribution in [0.1, 0.15) is 23.3 Å². The molecule has 29 heavy (non-hydrogen) atoms. The highest BCUT2D eigenvalue weighted by Crippen LogP contribution is 2.37. The van der Waals surface area contributed by atoms with Crippen molar-refractivity contribution in [2.75, 3.05) is 27.2 Å². The number of rotatable bonds is 5. The minimum atomic E-state index is -0.487. The van der Waals surface area contributed by atoms with Crippen molar-refractivity contribution in [3.63, 3.8) is 0 Å². The first kappa shape index (κ1) is 19.4. The molecule has 1 fully saturated rings. The van der Waals surface area contributed by atoms with Crippen molar-refractivity contribution in [3.05, 3.63) is 48.4 Å². The summed E-state index contributed by atoms with van der Waals surface area (Å²) in [7, 11) is 5.56. The van der Waals surface area contributed by atoms with E-state index in [2.05, 4.69) is 4.90 Å². The van der Waals surface area contributed by atoms with Crippen LogP contribution < -0.4 is 4.74 Å². The van der Waals surface area contributed by atoms with Crippen molar-refractivity contribution >= 4 is 5.78 Å². The number of nitrogens with zero attached hydrogens (tertiary/aromatic N) is 4. The van der Waals surface area contributed by atoms with Gasteiger partial charge < -0.3 is 23.9 Å². The summed E-state index contributed by atoms with van der Waals surface area (Å²) in [6.45, 7) is 2.91. The molecule has 0 spiro atoms. The van der Waals surface area contributed by atoms with Crippen LogP contribution in [-0.2, 0) is 7.05 Å². The molecule has 1 aromatic carbocycles. The number of aryl methyl sites for hydroxylation is 1. The smallest absolute Gasteiger partial charge is 0.161 e. The second kappa shape index (κ2) is 7.50. The number of hydrogen-bond acceptors (Lipinski definition) is 5. The largest absolute Gasteiger partial charge is 0.497 e. The van der Waals surface area contributed by atoms with Gasteiger partial charge in [0.25, 0.3) is 0 Å². The fourth-order valence-electron chi connectivity index (χ4n) is 4.07. The van der Waals surface area contributed by atoms with Gasteiger partial charge >= 0.3 is 0 Å². The molecule has 2 aromatic heterocycles. The Morgan fingerprint density at radius 2 is 2.03 bits per heavy atom. The second-order valence-corrected chi connectivity index (χ2v) is 7.72. The van der Waals surface area contributed by atoms with Gasteiger partial charge in [-0.05, 0) is 32.2 Å². The standard InChI is InChI=1S/C22H26N4O3/c1-14(27)16-9-18(25(3)10-16)22-21(15-6-5-7-17(8-15)29-4)23-13-26(22)19-11-24(2)12-20(19)28/h5-10,13,19-20,28H,11-12H2,1-4H3/t19-,20-/m1/s1. The lowest BCUT2D eigenvalue weighted by molar-refractivity contribution is 0.101. The van der Waals surface area contributed by atoms with E-state index in [0.717, 1.165) is 34.9 Å². The third kappa shape index (κ3) is 3.47. The predicted molar refractivity (Wildman–Crippen MR) is 111 cm³/mol. The first-order chi connectivity index (χ1) is 13.9. The Hall–Kier alpha value is -2.90. The van der Waals surface area contributed by atoms with Crippen LogP contribution >= 0.6 is 0 Å². The normalized spacial score (nSPS) is 19.6. The molecule has 4 rings (SSSR count). The molecular weight excluding hydrogens is 368 g/mol. The van der Waals surface area contributed by atoms with E-state index in [1.807, 2.05) is 59.8 Å². The van der Waals surface area contributed by atoms with Gasteiger partial charge in [-0.15, -0.1) is 0 Å². The molecule has 0 unspecified atom stereocenters. The molecule has 0 amide bonds. The number of aliphatic hydroxyl groups excluding tert-OH is 1. The summed E-state index contributed by atoms with van der Waals surface area (Å²) in [5.41, 5.74) is 4.13. The van der Waals surface area contributed by atoms with Crippen molar-refractivity contribution in [1.29, 1.82) is 0 Å². The summed E-state index contributed by atoms with van der Waals surface area (Å²) < 4.78 is 9.38. The van der Waals surface area contributed by atoms with Gasteiger partial charge in [0.15, 0.2) is 5.78 Å². The quantitative estimate of drug-likeness (QED) is 0.674. The lowest BCUT2D eigenvalue weighted by Crippen LogP contribution is -2.22. The van der Waals surface area contributed by atoms with E-state index in [0.29, 0.717) is 12.1 Å². The van der Waals surface area contributed by atoms with Crippen LogP contribution in [0.5, 0.6) is 5.75 Å². The van der Waals surface area contributed by atoms with Crippen LogP contribution in [0.3, 0.4) is 0 Å². The van der Waals surface area contributed by atoms with Crippen LogP contribution in [0.25, 0.3) is 22.6 Å². The number of aromatic nitrogens is 3. The summed E-state index contributed by atoms with van der Waals surface area (Å²) in [5.74, 6) is 0.765. The number of Topliss-reactive ketones (excluding diaryl/α,β-unsaturated/α-hetero) is 1. The first-order valence-corrected chi connectivity index (χ1v) is 9.64. The highest BCUT2D eigenvalue weighted by atomic mass is 16.5. The highest BCUT2D eigenvalue weighted by Gasteiger charge is 2.33. The molecule has 7 heteroatoms. The zero-order chi connectivity index (χ0) is 20.7. The number of benzene rings is 1. The predicted octanol–water partition coefficient (Wildman–Crippen LogP) is 2.61. The van der Waals surface area contributed by atoms with E-state index in [1.165, 1.54) is 0 Å². The van der Waals surface area contributed by atoms with E-state index in [4.69, 9.17) is 9.72 Å². The molecular formula is C22H26N4O3. The molecule has 1 aliphatic heterocycles. The first-order valence-electron chi connectivity index (χ1n) is 9.64. The number of carbonyl (C=O) groups excluding carboxylic acids is 1. The summed E-state index contributed by atoms with van der Waals surface area (Å²) in [5, 5.41) is 10.6. The van der Waals surface area contributed by atoms with Crippen molar-refractivity contribution in [3.8, 4) is 28.4 Å². The number of aliphatic hydroxyl groups is 1. The minimum absolute atomic E-state index is 0.0153. The number of β-amino-alcohol motifs (C(OH)–C–C–N with tert-alkyl or cyclic N) is 1. The second-order valence-electron chi connectivity index (χ2n) is 7.72. The Labute approximate surface area is 170 Å². The van der Waals surface area contributed by atoms with E-state index < -0.39 is 6.10 Å². The number of hydrogen-bond donors (Lipinski definition) is 1. The van der Waals surface area contributed by atoms with Crippen LogP contribution in [-0.4, -0.2) is 63.3 Å². The molecule has 1 saturated heterocycles. The van der Waals surface area contributed by atoms with Crippen LogP contribution in [0, 0.1) is 0 Å². The molecule has 0 aliphatic carbocycles. The number of imidazole rings is 1. The maximum Gasteiger partial charge on any atom is 0.161 e. The Balaban J connectivity index is 1.92. The van der Waals surface area contributed by atoms with Gasteiger partial charge in [0.1, 0.15) is 5.75 Å². The van der Waals surface area contributed by atoms with Crippen LogP contribution in [0.2, 0.25) is 0 Å². The number of likely N-dealkylation sites (N-methyl/N-ethyl adjacent to an activating group) is 1. The molecule has 152 valence electrons. The molecule has 0 saturated carbocycles. The Morgan fingerprint density at radius 3 is 2.66 bits per heavy atom. The zero-order valence-electron chi connectivity index (χ0n) is 17.2. The summed E-state index contributed by atoms with van der Waals surface area (Å²) >= 11 is 0. The molecule has 2 atom stereocenters. The Morgan fingerprint density at radius 1 is 1.24 bits per heavy atom. The Bertz CT molecular complexity index is 1050. The van der Waals surface area contributed by atoms with E-state index in [-0.39, 0.29) is 11.8 Å². The summed E-state index contributed by atoms with van der Waals surface area (Å²) in [6.07, 6.45) is 3.14. The number of ketones is 1. The van der Waals surface area contributed by atoms with Crippen LogP contribution in [0.4, 0.5) is 0 Å². The molecule has 0 radical (unpaired) electrons. The van der Waals surface area contributed by atoms with Gasteiger partial charge in [-0.25, -0.2) is 4.98 Å². The van der Waals surface area contributed by atoms with E-state index >= 15 is 0 Å². The number of likely N-dealkylation sites (tertiary alicyclic amines) is 1. The zero-order valence-corrected chi connectivity index (χ0v) is 17.2. The van der Waals surface area contributed by atoms with Crippen molar-refractivity contribution < 1.29 is 14.6 Å². The van der Waals surface area contributed by atoms with Gasteiger partial charge in [0.2, 0.25) is 0 Å². The van der Waals surface area contributed by atoms with Gasteiger partial charge in [0, 0.05) is 37.5 Å². The summed E-state index contributed by atoms with van der Waals surface area (Å²) in [4.78, 5) is 18.8. The fourth-order valence-corrected chi connectivity index (χ4v) is 4.07. The number of methoxy groups -OCH3 is 1. The molecule has 1 N–H and O–H groups in total. The van der Waals surface area contributed by atoms with Gasteiger partial charge in [-0.1, -0.05) is 12.1 Å². The van der Waals surface area contributed by atoms with E-state index in [9.17, 15) is 9.90 Å². The van der Waals surface area contributed by atoms with E-state index in [1.54, 1.807) is 20.4 Å². The highest BCUT2D eigenvalue weighted by molar-refractivity contribution is 5.95. The molecule has 3 aromatic rings. The third-order valence-electron chi connectivity index (χ3n) is 5.59. The van der Waals surface area contributed by atoms with Crippen molar-refractivity contribution in [2.24, 2.45) is 7.05 Å². The lowest BCUT2D eigenvalue weighted by atomic mass is 10.1. The summed E-state index contributed by atoms with van der Waals surface area (Å²) in [6, 6.07) is 9.54. The molecule has 0 bridgehead atoms. The average Bonchev–Trinajstić information content (AvgIpc) is 3.37. The fraction of sp³-hybridized carbons (Fsp3) is 0.364. The lowest BCUT2D eigenvalue weighted by Gasteiger charge is -2.20. The van der Waals surface area contributed by atoms with Gasteiger partial charge in [-0.3, -0.25) is 4.79 Å². The van der Waals surface area contributed by atoms with Crippen molar-refractivity contribution in [1.82, 2.24) is 19.0 Å². The average molecular weight is 394 g/mol. The Kier molecular flexibility index (Phi) is 5.02. The monoisotopic (exact) mass is 394 g/mol. The third-order valence-corrected chi connectivity index (χ3v) is 5.59. The van der Waals surface area contributed by atoms with Gasteiger partial charge in [0.05, 0.1) is 42.7 Å². The topological polar surface area (TPSA) is 72.5 Å². The molecule has 3 heterocycles. The molecule has 7 nitrogen and oxygen atoms in total. The van der Waals surface area contributed by atoms with Crippen molar-refractivity contribution in [2.45, 2.75) is 19.1 Å². The maximum atomic E-state index is 12.0. The van der Waals surface area contributed by atoms with Crippen LogP contribution in [0.15, 0.2) is 42.9 Å². The SMILES string of the molecule is COc1cccc(-c2ncn([C@@H]3CN(C)C[C@H]3O)c2-c2cc(C(C)=O)cn2C)c1. The number of carbonyl (C=O) groups is 1.